The Balaban J connectivity index is 1.89. The number of hydrogen-bond acceptors (Lipinski definition) is 3. The number of hydrogen-bond donors (Lipinski definition) is 2. The van der Waals surface area contributed by atoms with E-state index in [1.165, 1.54) is 32.1 Å². The molecule has 0 aliphatic heterocycles. The van der Waals surface area contributed by atoms with Crippen LogP contribution in [0, 0.1) is 11.3 Å². The fourth-order valence-electron chi connectivity index (χ4n) is 2.99. The van der Waals surface area contributed by atoms with Gasteiger partial charge < -0.3 is 10.6 Å². The number of amides is 1. The van der Waals surface area contributed by atoms with Crippen molar-refractivity contribution in [2.24, 2.45) is 0 Å². The van der Waals surface area contributed by atoms with E-state index in [4.69, 9.17) is 16.9 Å². The maximum Gasteiger partial charge on any atom is 0.241 e. The number of nitrogens with one attached hydrogen (secondary N) is 2. The Hall–Kier alpha value is -1.57. The summed E-state index contributed by atoms with van der Waals surface area (Å²) in [4.78, 5) is 12.3. The van der Waals surface area contributed by atoms with Gasteiger partial charge in [-0.15, -0.1) is 0 Å². The smallest absolute Gasteiger partial charge is 0.241 e. The van der Waals surface area contributed by atoms with Crippen molar-refractivity contribution in [3.8, 4) is 6.07 Å². The molecule has 1 amide bonds. The molecule has 1 atom stereocenters. The summed E-state index contributed by atoms with van der Waals surface area (Å²) < 4.78 is 0. The predicted octanol–water partition coefficient (Wildman–Crippen LogP) is 4.24. The average molecular weight is 334 g/mol. The number of carbonyl (C=O) groups is 1. The fourth-order valence-corrected chi connectivity index (χ4v) is 3.21. The Bertz CT molecular complexity index is 574. The Morgan fingerprint density at radius 3 is 2.52 bits per heavy atom. The summed E-state index contributed by atoms with van der Waals surface area (Å²) in [5, 5.41) is 15.5. The van der Waals surface area contributed by atoms with E-state index in [9.17, 15) is 4.79 Å². The molecule has 4 nitrogen and oxygen atoms in total. The van der Waals surface area contributed by atoms with Crippen molar-refractivity contribution >= 4 is 23.2 Å². The van der Waals surface area contributed by atoms with E-state index < -0.39 is 0 Å². The second-order valence-electron chi connectivity index (χ2n) is 6.23. The van der Waals surface area contributed by atoms with Gasteiger partial charge in [0, 0.05) is 11.7 Å². The van der Waals surface area contributed by atoms with Crippen LogP contribution in [0.1, 0.15) is 57.4 Å². The maximum absolute atomic E-state index is 12.3. The summed E-state index contributed by atoms with van der Waals surface area (Å²) in [5.74, 6) is -0.0761. The van der Waals surface area contributed by atoms with Gasteiger partial charge in [0.1, 0.15) is 6.07 Å². The number of anilines is 1. The first-order valence-electron chi connectivity index (χ1n) is 8.36. The molecule has 5 heteroatoms. The number of halogens is 1. The van der Waals surface area contributed by atoms with E-state index in [-0.39, 0.29) is 11.9 Å². The van der Waals surface area contributed by atoms with Crippen LogP contribution in [0.4, 0.5) is 5.69 Å². The molecule has 1 aromatic rings. The largest absolute Gasteiger partial charge is 0.325 e. The van der Waals surface area contributed by atoms with Crippen LogP contribution < -0.4 is 10.6 Å². The van der Waals surface area contributed by atoms with E-state index in [1.54, 1.807) is 18.2 Å². The summed E-state index contributed by atoms with van der Waals surface area (Å²) in [7, 11) is 0. The van der Waals surface area contributed by atoms with Crippen LogP contribution in [0.5, 0.6) is 0 Å². The Labute approximate surface area is 143 Å². The number of rotatable bonds is 4. The molecule has 1 aromatic carbocycles. The van der Waals surface area contributed by atoms with Gasteiger partial charge in [-0.1, -0.05) is 43.7 Å². The minimum absolute atomic E-state index is 0.0761. The minimum Gasteiger partial charge on any atom is -0.325 e. The van der Waals surface area contributed by atoms with Crippen LogP contribution in [-0.2, 0) is 4.79 Å². The third kappa shape index (κ3) is 5.53. The van der Waals surface area contributed by atoms with Gasteiger partial charge in [-0.05, 0) is 38.0 Å². The lowest BCUT2D eigenvalue weighted by Gasteiger charge is -2.24. The average Bonchev–Trinajstić information content (AvgIpc) is 2.50. The first kappa shape index (κ1) is 17.8. The molecule has 1 saturated carbocycles. The number of carbonyl (C=O) groups excluding carboxylic acids is 1. The predicted molar refractivity (Wildman–Crippen MR) is 93.5 cm³/mol. The van der Waals surface area contributed by atoms with Gasteiger partial charge in [-0.2, -0.15) is 5.26 Å². The highest BCUT2D eigenvalue weighted by atomic mass is 35.5. The molecule has 1 fully saturated rings. The Morgan fingerprint density at radius 2 is 1.91 bits per heavy atom. The molecule has 0 heterocycles. The van der Waals surface area contributed by atoms with Crippen LogP contribution in [-0.4, -0.2) is 18.0 Å². The van der Waals surface area contributed by atoms with Crippen molar-refractivity contribution in [1.82, 2.24) is 5.32 Å². The van der Waals surface area contributed by atoms with E-state index in [0.717, 1.165) is 12.8 Å². The zero-order valence-corrected chi connectivity index (χ0v) is 14.3. The van der Waals surface area contributed by atoms with Crippen LogP contribution in [0.3, 0.4) is 0 Å². The molecule has 1 aliphatic carbocycles. The highest BCUT2D eigenvalue weighted by Crippen LogP contribution is 2.21. The van der Waals surface area contributed by atoms with Gasteiger partial charge in [-0.25, -0.2) is 0 Å². The molecular weight excluding hydrogens is 310 g/mol. The monoisotopic (exact) mass is 333 g/mol. The van der Waals surface area contributed by atoms with Gasteiger partial charge in [0.25, 0.3) is 0 Å². The molecule has 2 N–H and O–H groups in total. The molecule has 0 bridgehead atoms. The zero-order valence-electron chi connectivity index (χ0n) is 13.6. The van der Waals surface area contributed by atoms with Crippen molar-refractivity contribution in [2.75, 3.05) is 5.32 Å². The Kier molecular flexibility index (Phi) is 6.88. The Morgan fingerprint density at radius 1 is 1.26 bits per heavy atom. The second kappa shape index (κ2) is 8.90. The molecule has 0 unspecified atom stereocenters. The summed E-state index contributed by atoms with van der Waals surface area (Å²) in [5.41, 5.74) is 1.02. The van der Waals surface area contributed by atoms with Gasteiger partial charge >= 0.3 is 0 Å². The van der Waals surface area contributed by atoms with E-state index in [0.29, 0.717) is 22.3 Å². The van der Waals surface area contributed by atoms with Gasteiger partial charge in [0.05, 0.1) is 16.6 Å². The molecule has 1 aliphatic rings. The highest BCUT2D eigenvalue weighted by molar-refractivity contribution is 6.32. The van der Waals surface area contributed by atoms with Crippen molar-refractivity contribution < 1.29 is 4.79 Å². The molecule has 2 rings (SSSR count). The van der Waals surface area contributed by atoms with Crippen molar-refractivity contribution in [2.45, 2.75) is 64.0 Å². The lowest BCUT2D eigenvalue weighted by atomic mass is 9.96. The molecule has 0 aromatic heterocycles. The number of nitrogens with zero attached hydrogens (tertiary/aromatic N) is 1. The molecule has 0 spiro atoms. The number of benzene rings is 1. The third-order valence-corrected chi connectivity index (χ3v) is 4.65. The van der Waals surface area contributed by atoms with Crippen LogP contribution in [0.2, 0.25) is 5.02 Å². The first-order valence-corrected chi connectivity index (χ1v) is 8.74. The molecular formula is C18H24ClN3O. The lowest BCUT2D eigenvalue weighted by molar-refractivity contribution is -0.118. The topological polar surface area (TPSA) is 64.9 Å². The lowest BCUT2D eigenvalue weighted by Crippen LogP contribution is -2.44. The third-order valence-electron chi connectivity index (χ3n) is 4.34. The van der Waals surface area contributed by atoms with E-state index in [2.05, 4.69) is 10.6 Å². The molecule has 124 valence electrons. The van der Waals surface area contributed by atoms with E-state index in [1.807, 2.05) is 13.0 Å². The standard InChI is InChI=1S/C18H24ClN3O/c1-13(21-15-7-5-3-2-4-6-8-15)18(23)22-16-10-9-14(12-20)17(19)11-16/h9-11,13,15,21H,2-8H2,1H3,(H,22,23)/t13-/m0/s1. The first-order chi connectivity index (χ1) is 11.1. The fraction of sp³-hybridized carbons (Fsp3) is 0.556. The molecule has 0 radical (unpaired) electrons. The SMILES string of the molecule is C[C@H](NC1CCCCCCC1)C(=O)Nc1ccc(C#N)c(Cl)c1. The van der Waals surface area contributed by atoms with Gasteiger partial charge in [0.2, 0.25) is 5.91 Å². The maximum atomic E-state index is 12.3. The van der Waals surface area contributed by atoms with Gasteiger partial charge in [0.15, 0.2) is 0 Å². The van der Waals surface area contributed by atoms with Crippen molar-refractivity contribution in [1.29, 1.82) is 5.26 Å². The minimum atomic E-state index is -0.256. The van der Waals surface area contributed by atoms with Crippen molar-refractivity contribution in [3.05, 3.63) is 28.8 Å². The van der Waals surface area contributed by atoms with Gasteiger partial charge in [-0.3, -0.25) is 4.79 Å². The zero-order chi connectivity index (χ0) is 16.7. The summed E-state index contributed by atoms with van der Waals surface area (Å²) in [6, 6.07) is 7.10. The summed E-state index contributed by atoms with van der Waals surface area (Å²) in [6.07, 6.45) is 8.67. The number of nitriles is 1. The second-order valence-corrected chi connectivity index (χ2v) is 6.63. The van der Waals surface area contributed by atoms with Crippen LogP contribution >= 0.6 is 11.6 Å². The van der Waals surface area contributed by atoms with E-state index >= 15 is 0 Å². The normalized spacial score (nSPS) is 17.6. The quantitative estimate of drug-likeness (QED) is 0.866. The summed E-state index contributed by atoms with van der Waals surface area (Å²) >= 11 is 5.99. The van der Waals surface area contributed by atoms with Crippen molar-refractivity contribution in [3.63, 3.8) is 0 Å². The van der Waals surface area contributed by atoms with Crippen LogP contribution in [0.15, 0.2) is 18.2 Å². The summed E-state index contributed by atoms with van der Waals surface area (Å²) in [6.45, 7) is 1.89. The van der Waals surface area contributed by atoms with Crippen LogP contribution in [0.25, 0.3) is 0 Å². The molecule has 23 heavy (non-hydrogen) atoms. The highest BCUT2D eigenvalue weighted by Gasteiger charge is 2.19. The molecule has 0 saturated heterocycles.